The summed E-state index contributed by atoms with van der Waals surface area (Å²) in [5.74, 6) is -1.76. The van der Waals surface area contributed by atoms with Crippen molar-refractivity contribution in [3.63, 3.8) is 0 Å². The number of alkyl carbamates (subject to hydrolysis) is 2. The van der Waals surface area contributed by atoms with Gasteiger partial charge in [-0.2, -0.15) is 0 Å². The second-order valence-corrected chi connectivity index (χ2v) is 14.6. The molecule has 2 aromatic rings. The molecule has 15 heteroatoms. The zero-order valence-electron chi connectivity index (χ0n) is 27.6. The van der Waals surface area contributed by atoms with Crippen LogP contribution >= 0.6 is 21.6 Å². The van der Waals surface area contributed by atoms with Crippen molar-refractivity contribution in [2.75, 3.05) is 24.7 Å². The highest BCUT2D eigenvalue weighted by atomic mass is 33.1. The Morgan fingerprint density at radius 1 is 0.739 bits per heavy atom. The molecule has 0 spiro atoms. The molecule has 2 rings (SSSR count). The molecule has 3 amide bonds. The Labute approximate surface area is 277 Å². The van der Waals surface area contributed by atoms with Gasteiger partial charge in [-0.05, 0) is 67.0 Å². The van der Waals surface area contributed by atoms with Crippen molar-refractivity contribution < 1.29 is 42.9 Å². The van der Waals surface area contributed by atoms with E-state index < -0.39 is 59.4 Å². The smallest absolute Gasteiger partial charge is 0.408 e. The number of aromatic amines is 1. The molecule has 1 heterocycles. The topological polar surface area (TPSA) is 174 Å². The fourth-order valence-corrected chi connectivity index (χ4v) is 6.25. The molecule has 0 aliphatic carbocycles. The molecule has 0 aliphatic heterocycles. The quantitative estimate of drug-likeness (QED) is 0.0902. The second-order valence-electron chi connectivity index (χ2n) is 12.1. The summed E-state index contributed by atoms with van der Waals surface area (Å²) in [7, 11) is 2.38. The van der Waals surface area contributed by atoms with E-state index in [4.69, 9.17) is 18.9 Å². The number of hydrogen-bond donors (Lipinski definition) is 4. The lowest BCUT2D eigenvalue weighted by Crippen LogP contribution is -2.54. The largest absolute Gasteiger partial charge is 0.464 e. The van der Waals surface area contributed by atoms with Crippen LogP contribution in [0.25, 0.3) is 10.9 Å². The van der Waals surface area contributed by atoms with E-state index in [0.717, 1.165) is 16.5 Å². The van der Waals surface area contributed by atoms with Gasteiger partial charge in [0.05, 0.1) is 13.2 Å². The third-order valence-electron chi connectivity index (χ3n) is 5.81. The van der Waals surface area contributed by atoms with Gasteiger partial charge < -0.3 is 39.9 Å². The van der Waals surface area contributed by atoms with E-state index >= 15 is 0 Å². The lowest BCUT2D eigenvalue weighted by atomic mass is 10.0. The molecule has 0 radical (unpaired) electrons. The van der Waals surface area contributed by atoms with Gasteiger partial charge in [-0.1, -0.05) is 39.8 Å². The van der Waals surface area contributed by atoms with Gasteiger partial charge in [0.25, 0.3) is 0 Å². The first-order valence-electron chi connectivity index (χ1n) is 14.9. The number of esters is 2. The van der Waals surface area contributed by atoms with E-state index in [1.54, 1.807) is 61.6 Å². The Balaban J connectivity index is 2.16. The summed E-state index contributed by atoms with van der Waals surface area (Å²) >= 11 is 0. The summed E-state index contributed by atoms with van der Waals surface area (Å²) < 4.78 is 20.9. The maximum Gasteiger partial charge on any atom is 0.408 e. The van der Waals surface area contributed by atoms with Crippen LogP contribution in [0.1, 0.15) is 61.0 Å². The lowest BCUT2D eigenvalue weighted by Gasteiger charge is -2.25. The fourth-order valence-electron chi connectivity index (χ4n) is 3.96. The molecule has 0 unspecified atom stereocenters. The molecule has 1 aromatic carbocycles. The second kappa shape index (κ2) is 17.9. The van der Waals surface area contributed by atoms with Gasteiger partial charge in [0.15, 0.2) is 0 Å². The standard InChI is InChI=1S/C31H46N4O9S2/c1-9-41-26(37)23(17-45-46-18-24(27(38)42-10-2)35-29(40)44-31(6,7)8)33-25(36)22(34-28(39)43-30(3,4)5)15-19-16-32-21-14-12-11-13-20(19)21/h11-14,16,22-24,32H,9-10,15,17-18H2,1-8H3,(H,33,36)(H,34,39)(H,35,40)/t22-,23-,24-/m1/s1. The van der Waals surface area contributed by atoms with Crippen molar-refractivity contribution >= 4 is 62.5 Å². The Kier molecular flexibility index (Phi) is 15.0. The van der Waals surface area contributed by atoms with E-state index in [1.807, 2.05) is 24.3 Å². The number of amides is 3. The maximum atomic E-state index is 13.6. The maximum absolute atomic E-state index is 13.6. The average Bonchev–Trinajstić information content (AvgIpc) is 3.34. The van der Waals surface area contributed by atoms with Crippen LogP contribution in [0.5, 0.6) is 0 Å². The molecule has 0 saturated heterocycles. The number of benzene rings is 1. The summed E-state index contributed by atoms with van der Waals surface area (Å²) in [5.41, 5.74) is 0.0918. The highest BCUT2D eigenvalue weighted by Gasteiger charge is 2.31. The number of aromatic nitrogens is 1. The molecular weight excluding hydrogens is 636 g/mol. The molecule has 0 aliphatic rings. The Morgan fingerprint density at radius 2 is 1.22 bits per heavy atom. The SMILES string of the molecule is CCOC(=O)[C@@H](CSSC[C@@H](NC(=O)[C@@H](Cc1c[nH]c2ccccc12)NC(=O)OC(C)(C)C)C(=O)OCC)NC(=O)OC(C)(C)C. The van der Waals surface area contributed by atoms with E-state index in [0.29, 0.717) is 0 Å². The average molecular weight is 683 g/mol. The highest BCUT2D eigenvalue weighted by Crippen LogP contribution is 2.24. The Hall–Kier alpha value is -3.59. The Bertz CT molecular complexity index is 1340. The van der Waals surface area contributed by atoms with Gasteiger partial charge in [-0.25, -0.2) is 19.2 Å². The summed E-state index contributed by atoms with van der Waals surface area (Å²) in [5, 5.41) is 8.75. The van der Waals surface area contributed by atoms with Crippen LogP contribution in [-0.2, 0) is 39.8 Å². The molecule has 0 fully saturated rings. The number of rotatable bonds is 15. The van der Waals surface area contributed by atoms with E-state index in [2.05, 4.69) is 20.9 Å². The van der Waals surface area contributed by atoms with Gasteiger partial charge in [0.1, 0.15) is 29.3 Å². The van der Waals surface area contributed by atoms with Crippen molar-refractivity contribution in [3.8, 4) is 0 Å². The van der Waals surface area contributed by atoms with Gasteiger partial charge >= 0.3 is 24.1 Å². The minimum Gasteiger partial charge on any atom is -0.464 e. The first-order valence-corrected chi connectivity index (χ1v) is 17.4. The van der Waals surface area contributed by atoms with Crippen molar-refractivity contribution in [2.24, 2.45) is 0 Å². The summed E-state index contributed by atoms with van der Waals surface area (Å²) in [4.78, 5) is 67.2. The molecular formula is C31H46N4O9S2. The molecule has 46 heavy (non-hydrogen) atoms. The van der Waals surface area contributed by atoms with Crippen molar-refractivity contribution in [1.82, 2.24) is 20.9 Å². The number of fused-ring (bicyclic) bond motifs is 1. The minimum atomic E-state index is -1.09. The molecule has 1 aromatic heterocycles. The van der Waals surface area contributed by atoms with Crippen molar-refractivity contribution in [2.45, 2.75) is 91.1 Å². The fraction of sp³-hybridized carbons (Fsp3) is 0.581. The number of hydrogen-bond acceptors (Lipinski definition) is 11. The predicted molar refractivity (Wildman–Crippen MR) is 178 cm³/mol. The number of ether oxygens (including phenoxy) is 4. The number of H-pyrrole nitrogens is 1. The lowest BCUT2D eigenvalue weighted by molar-refractivity contribution is -0.147. The normalized spacial score (nSPS) is 13.6. The van der Waals surface area contributed by atoms with Crippen LogP contribution in [-0.4, -0.2) is 89.1 Å². The first kappa shape index (κ1) is 38.6. The molecule has 256 valence electrons. The molecule has 0 saturated carbocycles. The summed E-state index contributed by atoms with van der Waals surface area (Å²) in [6.07, 6.45) is 0.325. The highest BCUT2D eigenvalue weighted by molar-refractivity contribution is 8.76. The van der Waals surface area contributed by atoms with Crippen LogP contribution in [0.4, 0.5) is 9.59 Å². The monoisotopic (exact) mass is 682 g/mol. The van der Waals surface area contributed by atoms with E-state index in [-0.39, 0.29) is 31.1 Å². The number of carbonyl (C=O) groups excluding carboxylic acids is 5. The first-order chi connectivity index (χ1) is 21.5. The van der Waals surface area contributed by atoms with Crippen LogP contribution in [0.15, 0.2) is 30.5 Å². The van der Waals surface area contributed by atoms with Crippen LogP contribution in [0.3, 0.4) is 0 Å². The van der Waals surface area contributed by atoms with Gasteiger partial charge in [-0.15, -0.1) is 0 Å². The minimum absolute atomic E-state index is 0.0590. The van der Waals surface area contributed by atoms with E-state index in [1.165, 1.54) is 21.6 Å². The molecule has 4 N–H and O–H groups in total. The summed E-state index contributed by atoms with van der Waals surface area (Å²) in [6, 6.07) is 4.37. The van der Waals surface area contributed by atoms with Gasteiger partial charge in [0, 0.05) is 35.0 Å². The molecule has 3 atom stereocenters. The third kappa shape index (κ3) is 13.8. The Morgan fingerprint density at radius 3 is 1.72 bits per heavy atom. The zero-order valence-corrected chi connectivity index (χ0v) is 29.3. The number of nitrogens with one attached hydrogen (secondary N) is 4. The molecule has 0 bridgehead atoms. The van der Waals surface area contributed by atoms with Crippen LogP contribution < -0.4 is 16.0 Å². The third-order valence-corrected chi connectivity index (χ3v) is 8.23. The predicted octanol–water partition coefficient (Wildman–Crippen LogP) is 4.49. The summed E-state index contributed by atoms with van der Waals surface area (Å²) in [6.45, 7) is 13.8. The van der Waals surface area contributed by atoms with Crippen LogP contribution in [0.2, 0.25) is 0 Å². The van der Waals surface area contributed by atoms with Gasteiger partial charge in [0.2, 0.25) is 5.91 Å². The van der Waals surface area contributed by atoms with Crippen molar-refractivity contribution in [3.05, 3.63) is 36.0 Å². The zero-order chi connectivity index (χ0) is 34.5. The van der Waals surface area contributed by atoms with Crippen LogP contribution in [0, 0.1) is 0 Å². The number of carbonyl (C=O) groups is 5. The van der Waals surface area contributed by atoms with E-state index in [9.17, 15) is 24.0 Å². The number of para-hydroxylation sites is 1. The van der Waals surface area contributed by atoms with Crippen molar-refractivity contribution in [1.29, 1.82) is 0 Å². The molecule has 13 nitrogen and oxygen atoms in total. The van der Waals surface area contributed by atoms with Gasteiger partial charge in [-0.3, -0.25) is 4.79 Å².